The Bertz CT molecular complexity index is 936. The van der Waals surface area contributed by atoms with Gasteiger partial charge in [-0.3, -0.25) is 9.78 Å². The van der Waals surface area contributed by atoms with E-state index >= 15 is 0 Å². The fourth-order valence-electron chi connectivity index (χ4n) is 2.72. The standard InChI is InChI=1S/C20H17BrN2O3/c1-26-20(25)18(12-13-6-8-14(21)9-7-13)23-19(24)16-10-11-22-17-5-3-2-4-15(16)17/h2-11,18H,12H2,1H3,(H,23,24)/t18-/m0/s1. The van der Waals surface area contributed by atoms with Crippen molar-refractivity contribution in [3.8, 4) is 0 Å². The van der Waals surface area contributed by atoms with Crippen molar-refractivity contribution >= 4 is 38.7 Å². The molecule has 0 aliphatic heterocycles. The van der Waals surface area contributed by atoms with E-state index in [9.17, 15) is 9.59 Å². The number of fused-ring (bicyclic) bond motifs is 1. The van der Waals surface area contributed by atoms with Crippen molar-refractivity contribution < 1.29 is 14.3 Å². The van der Waals surface area contributed by atoms with Crippen LogP contribution in [0.2, 0.25) is 0 Å². The smallest absolute Gasteiger partial charge is 0.328 e. The Labute approximate surface area is 159 Å². The Morgan fingerprint density at radius 2 is 1.85 bits per heavy atom. The minimum atomic E-state index is -0.777. The van der Waals surface area contributed by atoms with E-state index in [1.807, 2.05) is 48.5 Å². The van der Waals surface area contributed by atoms with Crippen LogP contribution in [0.1, 0.15) is 15.9 Å². The van der Waals surface area contributed by atoms with Gasteiger partial charge in [-0.25, -0.2) is 4.79 Å². The number of amides is 1. The Morgan fingerprint density at radius 3 is 2.58 bits per heavy atom. The van der Waals surface area contributed by atoms with Crippen LogP contribution in [0.3, 0.4) is 0 Å². The molecule has 2 aromatic carbocycles. The number of hydrogen-bond donors (Lipinski definition) is 1. The van der Waals surface area contributed by atoms with Crippen LogP contribution in [0.5, 0.6) is 0 Å². The molecule has 0 spiro atoms. The van der Waals surface area contributed by atoms with E-state index in [-0.39, 0.29) is 5.91 Å². The number of ether oxygens (including phenoxy) is 1. The molecule has 26 heavy (non-hydrogen) atoms. The lowest BCUT2D eigenvalue weighted by molar-refractivity contribution is -0.142. The molecule has 1 aromatic heterocycles. The molecule has 1 N–H and O–H groups in total. The van der Waals surface area contributed by atoms with Crippen LogP contribution in [-0.4, -0.2) is 30.0 Å². The van der Waals surface area contributed by atoms with Crippen LogP contribution < -0.4 is 5.32 Å². The second-order valence-electron chi connectivity index (χ2n) is 5.76. The van der Waals surface area contributed by atoms with E-state index in [1.54, 1.807) is 12.3 Å². The molecule has 1 heterocycles. The van der Waals surface area contributed by atoms with E-state index in [4.69, 9.17) is 4.74 Å². The van der Waals surface area contributed by atoms with Crippen molar-refractivity contribution in [3.05, 3.63) is 76.4 Å². The Hall–Kier alpha value is -2.73. The summed E-state index contributed by atoms with van der Waals surface area (Å²) in [5, 5.41) is 3.52. The fraction of sp³-hybridized carbons (Fsp3) is 0.150. The van der Waals surface area contributed by atoms with E-state index in [0.29, 0.717) is 12.0 Å². The third kappa shape index (κ3) is 4.08. The highest BCUT2D eigenvalue weighted by molar-refractivity contribution is 9.10. The zero-order valence-electron chi connectivity index (χ0n) is 14.1. The molecule has 0 unspecified atom stereocenters. The maximum atomic E-state index is 12.8. The molecule has 1 atom stereocenters. The van der Waals surface area contributed by atoms with Crippen molar-refractivity contribution in [1.82, 2.24) is 10.3 Å². The summed E-state index contributed by atoms with van der Waals surface area (Å²) in [6.07, 6.45) is 1.92. The SMILES string of the molecule is COC(=O)[C@H](Cc1ccc(Br)cc1)NC(=O)c1ccnc2ccccc12. The van der Waals surface area contributed by atoms with Crippen LogP contribution in [0.25, 0.3) is 10.9 Å². The summed E-state index contributed by atoms with van der Waals surface area (Å²) < 4.78 is 5.80. The van der Waals surface area contributed by atoms with Crippen molar-refractivity contribution in [3.63, 3.8) is 0 Å². The number of nitrogens with zero attached hydrogens (tertiary/aromatic N) is 1. The van der Waals surface area contributed by atoms with Gasteiger partial charge >= 0.3 is 5.97 Å². The van der Waals surface area contributed by atoms with E-state index in [0.717, 1.165) is 20.9 Å². The van der Waals surface area contributed by atoms with Gasteiger partial charge in [0.1, 0.15) is 6.04 Å². The van der Waals surface area contributed by atoms with Gasteiger partial charge in [0.2, 0.25) is 0 Å². The Morgan fingerprint density at radius 1 is 1.12 bits per heavy atom. The third-order valence-electron chi connectivity index (χ3n) is 4.04. The fourth-order valence-corrected chi connectivity index (χ4v) is 2.99. The highest BCUT2D eigenvalue weighted by Crippen LogP contribution is 2.17. The van der Waals surface area contributed by atoms with Gasteiger partial charge in [-0.2, -0.15) is 0 Å². The molecule has 0 bridgehead atoms. The molecule has 132 valence electrons. The number of para-hydroxylation sites is 1. The monoisotopic (exact) mass is 412 g/mol. The first-order valence-corrected chi connectivity index (χ1v) is 8.84. The van der Waals surface area contributed by atoms with Gasteiger partial charge in [0.25, 0.3) is 5.91 Å². The van der Waals surface area contributed by atoms with Crippen molar-refractivity contribution in [2.24, 2.45) is 0 Å². The van der Waals surface area contributed by atoms with Crippen molar-refractivity contribution in [2.75, 3.05) is 7.11 Å². The van der Waals surface area contributed by atoms with Crippen molar-refractivity contribution in [1.29, 1.82) is 0 Å². The second-order valence-corrected chi connectivity index (χ2v) is 6.67. The number of nitrogens with one attached hydrogen (secondary N) is 1. The molecular formula is C20H17BrN2O3. The zero-order chi connectivity index (χ0) is 18.5. The molecule has 0 radical (unpaired) electrons. The number of carbonyl (C=O) groups is 2. The molecule has 3 aromatic rings. The number of rotatable bonds is 5. The van der Waals surface area contributed by atoms with Crippen LogP contribution in [-0.2, 0) is 16.0 Å². The zero-order valence-corrected chi connectivity index (χ0v) is 15.7. The van der Waals surface area contributed by atoms with Crippen LogP contribution in [0.4, 0.5) is 0 Å². The van der Waals surface area contributed by atoms with E-state index in [1.165, 1.54) is 7.11 Å². The van der Waals surface area contributed by atoms with Crippen LogP contribution >= 0.6 is 15.9 Å². The Balaban J connectivity index is 1.85. The van der Waals surface area contributed by atoms with Gasteiger partial charge < -0.3 is 10.1 Å². The van der Waals surface area contributed by atoms with Gasteiger partial charge in [0.15, 0.2) is 0 Å². The lowest BCUT2D eigenvalue weighted by Crippen LogP contribution is -2.43. The summed E-state index contributed by atoms with van der Waals surface area (Å²) in [7, 11) is 1.31. The van der Waals surface area contributed by atoms with Gasteiger partial charge in [-0.1, -0.05) is 46.3 Å². The van der Waals surface area contributed by atoms with Crippen LogP contribution in [0, 0.1) is 0 Å². The average Bonchev–Trinajstić information content (AvgIpc) is 2.68. The molecule has 0 saturated carbocycles. The highest BCUT2D eigenvalue weighted by atomic mass is 79.9. The summed E-state index contributed by atoms with van der Waals surface area (Å²) in [6, 6.07) is 15.8. The average molecular weight is 413 g/mol. The lowest BCUT2D eigenvalue weighted by atomic mass is 10.0. The first kappa shape index (κ1) is 18.1. The molecule has 0 aliphatic rings. The number of pyridine rings is 1. The predicted molar refractivity (Wildman–Crippen MR) is 103 cm³/mol. The minimum absolute atomic E-state index is 0.337. The molecule has 0 fully saturated rings. The van der Waals surface area contributed by atoms with E-state index < -0.39 is 12.0 Å². The maximum absolute atomic E-state index is 12.8. The normalized spacial score (nSPS) is 11.8. The Kier molecular flexibility index (Phi) is 5.63. The summed E-state index contributed by atoms with van der Waals surface area (Å²) >= 11 is 3.38. The number of benzene rings is 2. The topological polar surface area (TPSA) is 68.3 Å². The van der Waals surface area contributed by atoms with Gasteiger partial charge in [-0.05, 0) is 29.8 Å². The molecule has 1 amide bonds. The second kappa shape index (κ2) is 8.10. The molecular weight excluding hydrogens is 396 g/mol. The first-order valence-electron chi connectivity index (χ1n) is 8.05. The largest absolute Gasteiger partial charge is 0.467 e. The molecule has 6 heteroatoms. The summed E-state index contributed by atoms with van der Waals surface area (Å²) in [5.41, 5.74) is 2.12. The van der Waals surface area contributed by atoms with Crippen LogP contribution in [0.15, 0.2) is 65.3 Å². The summed E-state index contributed by atoms with van der Waals surface area (Å²) in [4.78, 5) is 29.2. The van der Waals surface area contributed by atoms with Gasteiger partial charge in [0, 0.05) is 22.5 Å². The number of aromatic nitrogens is 1. The molecule has 5 nitrogen and oxygen atoms in total. The van der Waals surface area contributed by atoms with Gasteiger partial charge in [0.05, 0.1) is 18.2 Å². The third-order valence-corrected chi connectivity index (χ3v) is 4.57. The molecule has 3 rings (SSSR count). The minimum Gasteiger partial charge on any atom is -0.467 e. The number of carbonyl (C=O) groups excluding carboxylic acids is 2. The number of hydrogen-bond acceptors (Lipinski definition) is 4. The predicted octanol–water partition coefficient (Wildman–Crippen LogP) is 3.51. The number of methoxy groups -OCH3 is 1. The summed E-state index contributed by atoms with van der Waals surface area (Å²) in [5.74, 6) is -0.823. The quantitative estimate of drug-likeness (QED) is 0.651. The summed E-state index contributed by atoms with van der Waals surface area (Å²) in [6.45, 7) is 0. The molecule has 0 saturated heterocycles. The number of esters is 1. The number of halogens is 1. The molecule has 0 aliphatic carbocycles. The highest BCUT2D eigenvalue weighted by Gasteiger charge is 2.23. The maximum Gasteiger partial charge on any atom is 0.328 e. The van der Waals surface area contributed by atoms with Gasteiger partial charge in [-0.15, -0.1) is 0 Å². The first-order chi connectivity index (χ1) is 12.6. The lowest BCUT2D eigenvalue weighted by Gasteiger charge is -2.17. The van der Waals surface area contributed by atoms with E-state index in [2.05, 4.69) is 26.2 Å². The van der Waals surface area contributed by atoms with Crippen molar-refractivity contribution in [2.45, 2.75) is 12.5 Å².